The molecule has 1 aromatic heterocycles. The van der Waals surface area contributed by atoms with Crippen molar-refractivity contribution in [3.05, 3.63) is 59.9 Å². The SMILES string of the molecule is O=C(NCC(F)(F)F)c1cccn1Cc1ccccc1. The number of hydrogen-bond donors (Lipinski definition) is 1. The van der Waals surface area contributed by atoms with Crippen LogP contribution >= 0.6 is 0 Å². The van der Waals surface area contributed by atoms with Crippen LogP contribution in [0.4, 0.5) is 13.2 Å². The van der Waals surface area contributed by atoms with Crippen molar-refractivity contribution in [1.82, 2.24) is 9.88 Å². The van der Waals surface area contributed by atoms with Gasteiger partial charge in [-0.15, -0.1) is 0 Å². The predicted octanol–water partition coefficient (Wildman–Crippen LogP) is 2.83. The van der Waals surface area contributed by atoms with Gasteiger partial charge in [0.1, 0.15) is 12.2 Å². The van der Waals surface area contributed by atoms with E-state index in [9.17, 15) is 18.0 Å². The van der Waals surface area contributed by atoms with Gasteiger partial charge >= 0.3 is 6.18 Å². The molecule has 106 valence electrons. The van der Waals surface area contributed by atoms with Gasteiger partial charge in [-0.3, -0.25) is 4.79 Å². The topological polar surface area (TPSA) is 34.0 Å². The van der Waals surface area contributed by atoms with Gasteiger partial charge in [-0.25, -0.2) is 0 Å². The molecule has 1 heterocycles. The molecule has 6 heteroatoms. The summed E-state index contributed by atoms with van der Waals surface area (Å²) in [5, 5.41) is 1.87. The van der Waals surface area contributed by atoms with Crippen molar-refractivity contribution in [2.45, 2.75) is 12.7 Å². The summed E-state index contributed by atoms with van der Waals surface area (Å²) in [5.74, 6) is -0.733. The first kappa shape index (κ1) is 14.2. The lowest BCUT2D eigenvalue weighted by Gasteiger charge is -2.11. The molecule has 1 aromatic carbocycles. The molecule has 1 N–H and O–H groups in total. The van der Waals surface area contributed by atoms with Crippen LogP contribution in [0.25, 0.3) is 0 Å². The van der Waals surface area contributed by atoms with Crippen molar-refractivity contribution >= 4 is 5.91 Å². The highest BCUT2D eigenvalue weighted by molar-refractivity contribution is 5.92. The molecule has 2 rings (SSSR count). The molecule has 0 fully saturated rings. The Balaban J connectivity index is 2.07. The summed E-state index contributed by atoms with van der Waals surface area (Å²) >= 11 is 0. The minimum Gasteiger partial charge on any atom is -0.342 e. The quantitative estimate of drug-likeness (QED) is 0.919. The van der Waals surface area contributed by atoms with E-state index in [4.69, 9.17) is 0 Å². The first-order valence-corrected chi connectivity index (χ1v) is 6.00. The van der Waals surface area contributed by atoms with Crippen LogP contribution in [0.1, 0.15) is 16.1 Å². The number of halogens is 3. The third-order valence-electron chi connectivity index (χ3n) is 2.71. The minimum absolute atomic E-state index is 0.207. The number of carbonyl (C=O) groups excluding carboxylic acids is 1. The summed E-state index contributed by atoms with van der Waals surface area (Å²) in [6.07, 6.45) is -2.75. The van der Waals surface area contributed by atoms with Crippen LogP contribution in [-0.2, 0) is 6.54 Å². The van der Waals surface area contributed by atoms with E-state index in [1.54, 1.807) is 16.8 Å². The van der Waals surface area contributed by atoms with Gasteiger partial charge in [0.15, 0.2) is 0 Å². The monoisotopic (exact) mass is 282 g/mol. The Bertz CT molecular complexity index is 576. The predicted molar refractivity (Wildman–Crippen MR) is 68.4 cm³/mol. The maximum atomic E-state index is 12.1. The van der Waals surface area contributed by atoms with Crippen LogP contribution in [0.15, 0.2) is 48.7 Å². The third-order valence-corrected chi connectivity index (χ3v) is 2.71. The van der Waals surface area contributed by atoms with Gasteiger partial charge in [0, 0.05) is 12.7 Å². The van der Waals surface area contributed by atoms with Crippen LogP contribution in [0, 0.1) is 0 Å². The van der Waals surface area contributed by atoms with E-state index < -0.39 is 18.6 Å². The second-order valence-electron chi connectivity index (χ2n) is 4.30. The van der Waals surface area contributed by atoms with E-state index >= 15 is 0 Å². The first-order valence-electron chi connectivity index (χ1n) is 6.00. The zero-order valence-electron chi connectivity index (χ0n) is 10.5. The highest BCUT2D eigenvalue weighted by Crippen LogP contribution is 2.13. The standard InChI is InChI=1S/C14H13F3N2O/c15-14(16,17)10-18-13(20)12-7-4-8-19(12)9-11-5-2-1-3-6-11/h1-8H,9-10H2,(H,18,20). The molecule has 2 aromatic rings. The maximum Gasteiger partial charge on any atom is 0.405 e. The van der Waals surface area contributed by atoms with Gasteiger partial charge in [-0.2, -0.15) is 13.2 Å². The lowest BCUT2D eigenvalue weighted by Crippen LogP contribution is -2.34. The zero-order chi connectivity index (χ0) is 14.6. The molecule has 0 radical (unpaired) electrons. The van der Waals surface area contributed by atoms with Crippen molar-refractivity contribution in [3.63, 3.8) is 0 Å². The number of nitrogens with one attached hydrogen (secondary N) is 1. The van der Waals surface area contributed by atoms with Crippen molar-refractivity contribution in [1.29, 1.82) is 0 Å². The van der Waals surface area contributed by atoms with E-state index in [0.29, 0.717) is 6.54 Å². The highest BCUT2D eigenvalue weighted by Gasteiger charge is 2.28. The number of hydrogen-bond acceptors (Lipinski definition) is 1. The largest absolute Gasteiger partial charge is 0.405 e. The fourth-order valence-corrected chi connectivity index (χ4v) is 1.81. The fourth-order valence-electron chi connectivity index (χ4n) is 1.81. The molecular formula is C14H13F3N2O. The lowest BCUT2D eigenvalue weighted by molar-refractivity contribution is -0.123. The van der Waals surface area contributed by atoms with Crippen LogP contribution in [0.5, 0.6) is 0 Å². The molecule has 0 spiro atoms. The van der Waals surface area contributed by atoms with Crippen LogP contribution in [0.2, 0.25) is 0 Å². The van der Waals surface area contributed by atoms with Gasteiger partial charge in [0.2, 0.25) is 0 Å². The Labute approximate surface area is 114 Å². The van der Waals surface area contributed by atoms with E-state index in [2.05, 4.69) is 0 Å². The first-order chi connectivity index (χ1) is 9.46. The summed E-state index contributed by atoms with van der Waals surface area (Å²) < 4.78 is 37.9. The molecule has 0 saturated heterocycles. The van der Waals surface area contributed by atoms with Gasteiger partial charge < -0.3 is 9.88 Å². The van der Waals surface area contributed by atoms with Crippen LogP contribution in [-0.4, -0.2) is 23.2 Å². The summed E-state index contributed by atoms with van der Waals surface area (Å²) in [5.41, 5.74) is 1.17. The molecule has 0 saturated carbocycles. The normalized spacial score (nSPS) is 11.3. The summed E-state index contributed by atoms with van der Waals surface area (Å²) in [6, 6.07) is 12.5. The number of amides is 1. The summed E-state index contributed by atoms with van der Waals surface area (Å²) in [7, 11) is 0. The third kappa shape index (κ3) is 3.88. The van der Waals surface area contributed by atoms with Crippen LogP contribution < -0.4 is 5.32 Å². The molecule has 0 atom stereocenters. The molecule has 1 amide bonds. The molecule has 0 unspecified atom stereocenters. The minimum atomic E-state index is -4.41. The summed E-state index contributed by atoms with van der Waals surface area (Å²) in [6.45, 7) is -0.898. The van der Waals surface area contributed by atoms with Gasteiger partial charge in [-0.05, 0) is 17.7 Å². The molecule has 0 aliphatic carbocycles. The van der Waals surface area contributed by atoms with E-state index in [1.165, 1.54) is 6.07 Å². The second-order valence-corrected chi connectivity index (χ2v) is 4.30. The molecule has 20 heavy (non-hydrogen) atoms. The fraction of sp³-hybridized carbons (Fsp3) is 0.214. The molecule has 0 aliphatic heterocycles. The Kier molecular flexibility index (Phi) is 4.12. The van der Waals surface area contributed by atoms with Crippen molar-refractivity contribution in [2.75, 3.05) is 6.54 Å². The number of benzene rings is 1. The van der Waals surface area contributed by atoms with E-state index in [1.807, 2.05) is 35.6 Å². The Hall–Kier alpha value is -2.24. The molecule has 0 bridgehead atoms. The lowest BCUT2D eigenvalue weighted by atomic mass is 10.2. The average molecular weight is 282 g/mol. The van der Waals surface area contributed by atoms with Crippen LogP contribution in [0.3, 0.4) is 0 Å². The number of nitrogens with zero attached hydrogens (tertiary/aromatic N) is 1. The summed E-state index contributed by atoms with van der Waals surface area (Å²) in [4.78, 5) is 11.7. The van der Waals surface area contributed by atoms with Gasteiger partial charge in [-0.1, -0.05) is 30.3 Å². The Morgan fingerprint density at radius 1 is 1.10 bits per heavy atom. The number of rotatable bonds is 4. The second kappa shape index (κ2) is 5.81. The van der Waals surface area contributed by atoms with Crippen molar-refractivity contribution in [3.8, 4) is 0 Å². The molecular weight excluding hydrogens is 269 g/mol. The highest BCUT2D eigenvalue weighted by atomic mass is 19.4. The van der Waals surface area contributed by atoms with Crippen molar-refractivity contribution < 1.29 is 18.0 Å². The van der Waals surface area contributed by atoms with Gasteiger partial charge in [0.25, 0.3) is 5.91 Å². The smallest absolute Gasteiger partial charge is 0.342 e. The Morgan fingerprint density at radius 3 is 2.45 bits per heavy atom. The van der Waals surface area contributed by atoms with Crippen molar-refractivity contribution in [2.24, 2.45) is 0 Å². The van der Waals surface area contributed by atoms with Gasteiger partial charge in [0.05, 0.1) is 0 Å². The number of aromatic nitrogens is 1. The molecule has 3 nitrogen and oxygen atoms in total. The number of carbonyl (C=O) groups is 1. The average Bonchev–Trinajstić information content (AvgIpc) is 2.84. The zero-order valence-corrected chi connectivity index (χ0v) is 10.5. The van der Waals surface area contributed by atoms with E-state index in [-0.39, 0.29) is 5.69 Å². The maximum absolute atomic E-state index is 12.1. The number of alkyl halides is 3. The molecule has 0 aliphatic rings. The Morgan fingerprint density at radius 2 is 1.80 bits per heavy atom. The van der Waals surface area contributed by atoms with E-state index in [0.717, 1.165) is 5.56 Å².